The lowest BCUT2D eigenvalue weighted by atomic mass is 9.97. The molecule has 0 bridgehead atoms. The smallest absolute Gasteiger partial charge is 0.0420 e. The van der Waals surface area contributed by atoms with Crippen LogP contribution in [0.25, 0.3) is 5.57 Å². The SMILES string of the molecule is CC1=CCC(c2ccccc2NC(C)(C)C)=C1C. The summed E-state index contributed by atoms with van der Waals surface area (Å²) in [4.78, 5) is 0. The molecule has 0 unspecified atom stereocenters. The van der Waals surface area contributed by atoms with Gasteiger partial charge < -0.3 is 5.32 Å². The average Bonchev–Trinajstić information content (AvgIpc) is 2.59. The Balaban J connectivity index is 2.41. The van der Waals surface area contributed by atoms with Crippen LogP contribution in [-0.2, 0) is 0 Å². The molecule has 0 radical (unpaired) electrons. The van der Waals surface area contributed by atoms with Crippen molar-refractivity contribution in [1.29, 1.82) is 0 Å². The molecule has 1 aliphatic carbocycles. The number of rotatable bonds is 2. The largest absolute Gasteiger partial charge is 0.380 e. The van der Waals surface area contributed by atoms with E-state index < -0.39 is 0 Å². The maximum atomic E-state index is 3.60. The van der Waals surface area contributed by atoms with Gasteiger partial charge in [0.15, 0.2) is 0 Å². The van der Waals surface area contributed by atoms with E-state index in [2.05, 4.69) is 70.3 Å². The predicted octanol–water partition coefficient (Wildman–Crippen LogP) is 5.02. The second-order valence-electron chi connectivity index (χ2n) is 6.12. The van der Waals surface area contributed by atoms with E-state index in [9.17, 15) is 0 Å². The van der Waals surface area contributed by atoms with E-state index in [4.69, 9.17) is 0 Å². The molecule has 2 rings (SSSR count). The highest BCUT2D eigenvalue weighted by atomic mass is 15.0. The van der Waals surface area contributed by atoms with Crippen molar-refractivity contribution in [3.05, 3.63) is 47.1 Å². The third kappa shape index (κ3) is 2.66. The van der Waals surface area contributed by atoms with Crippen molar-refractivity contribution >= 4 is 11.3 Å². The summed E-state index contributed by atoms with van der Waals surface area (Å²) in [5.74, 6) is 0. The van der Waals surface area contributed by atoms with Gasteiger partial charge >= 0.3 is 0 Å². The molecule has 0 spiro atoms. The zero-order valence-corrected chi connectivity index (χ0v) is 12.1. The first-order valence-corrected chi connectivity index (χ1v) is 6.63. The zero-order valence-electron chi connectivity index (χ0n) is 12.1. The van der Waals surface area contributed by atoms with E-state index in [1.165, 1.54) is 28.0 Å². The van der Waals surface area contributed by atoms with Gasteiger partial charge in [0, 0.05) is 16.8 Å². The number of nitrogens with one attached hydrogen (secondary N) is 1. The number of allylic oxidation sites excluding steroid dienone is 4. The molecule has 0 saturated carbocycles. The Morgan fingerprint density at radius 3 is 2.28 bits per heavy atom. The third-order valence-electron chi connectivity index (χ3n) is 3.42. The molecular weight excluding hydrogens is 218 g/mol. The Labute approximate surface area is 111 Å². The molecule has 0 heterocycles. The standard InChI is InChI=1S/C17H23N/c1-12-10-11-14(13(12)2)15-8-6-7-9-16(15)18-17(3,4)5/h6-10,18H,11H2,1-5H3. The maximum Gasteiger partial charge on any atom is 0.0420 e. The number of benzene rings is 1. The van der Waals surface area contributed by atoms with Crippen LogP contribution in [0, 0.1) is 0 Å². The van der Waals surface area contributed by atoms with Crippen LogP contribution in [0.3, 0.4) is 0 Å². The second kappa shape index (κ2) is 4.64. The molecule has 0 amide bonds. The van der Waals surface area contributed by atoms with E-state index in [1.54, 1.807) is 0 Å². The summed E-state index contributed by atoms with van der Waals surface area (Å²) >= 11 is 0. The summed E-state index contributed by atoms with van der Waals surface area (Å²) in [6.07, 6.45) is 3.37. The molecule has 0 saturated heterocycles. The third-order valence-corrected chi connectivity index (χ3v) is 3.42. The summed E-state index contributed by atoms with van der Waals surface area (Å²) in [6, 6.07) is 8.62. The monoisotopic (exact) mass is 241 g/mol. The fourth-order valence-electron chi connectivity index (χ4n) is 2.37. The van der Waals surface area contributed by atoms with Crippen molar-refractivity contribution in [1.82, 2.24) is 0 Å². The second-order valence-corrected chi connectivity index (χ2v) is 6.12. The molecule has 1 nitrogen and oxygen atoms in total. The predicted molar refractivity (Wildman–Crippen MR) is 80.8 cm³/mol. The van der Waals surface area contributed by atoms with Crippen LogP contribution in [0.2, 0.25) is 0 Å². The molecule has 1 aromatic rings. The minimum atomic E-state index is 0.0889. The quantitative estimate of drug-likeness (QED) is 0.766. The van der Waals surface area contributed by atoms with Crippen LogP contribution in [0.4, 0.5) is 5.69 Å². The molecule has 1 aliphatic rings. The van der Waals surface area contributed by atoms with Crippen molar-refractivity contribution in [2.45, 2.75) is 46.6 Å². The molecule has 1 heteroatoms. The Morgan fingerprint density at radius 2 is 1.72 bits per heavy atom. The number of hydrogen-bond acceptors (Lipinski definition) is 1. The summed E-state index contributed by atoms with van der Waals surface area (Å²) in [6.45, 7) is 11.0. The number of hydrogen-bond donors (Lipinski definition) is 1. The normalized spacial score (nSPS) is 15.9. The lowest BCUT2D eigenvalue weighted by Crippen LogP contribution is -2.26. The minimum absolute atomic E-state index is 0.0889. The molecule has 0 aliphatic heterocycles. The first kappa shape index (κ1) is 12.9. The van der Waals surface area contributed by atoms with Crippen molar-refractivity contribution in [3.8, 4) is 0 Å². The number of para-hydroxylation sites is 1. The minimum Gasteiger partial charge on any atom is -0.380 e. The summed E-state index contributed by atoms with van der Waals surface area (Å²) < 4.78 is 0. The van der Waals surface area contributed by atoms with Crippen molar-refractivity contribution in [2.24, 2.45) is 0 Å². The van der Waals surface area contributed by atoms with Gasteiger partial charge in [-0.25, -0.2) is 0 Å². The molecule has 0 atom stereocenters. The van der Waals surface area contributed by atoms with E-state index in [0.717, 1.165) is 6.42 Å². The van der Waals surface area contributed by atoms with Crippen molar-refractivity contribution < 1.29 is 0 Å². The Morgan fingerprint density at radius 1 is 1.06 bits per heavy atom. The summed E-state index contributed by atoms with van der Waals surface area (Å²) in [7, 11) is 0. The van der Waals surface area contributed by atoms with Crippen LogP contribution >= 0.6 is 0 Å². The van der Waals surface area contributed by atoms with Gasteiger partial charge in [-0.1, -0.05) is 29.8 Å². The highest BCUT2D eigenvalue weighted by Gasteiger charge is 2.17. The van der Waals surface area contributed by atoms with Gasteiger partial charge in [-0.05, 0) is 58.3 Å². The molecule has 0 fully saturated rings. The molecule has 1 N–H and O–H groups in total. The van der Waals surface area contributed by atoms with Gasteiger partial charge in [-0.15, -0.1) is 0 Å². The fourth-order valence-corrected chi connectivity index (χ4v) is 2.37. The van der Waals surface area contributed by atoms with Gasteiger partial charge in [-0.3, -0.25) is 0 Å². The number of anilines is 1. The topological polar surface area (TPSA) is 12.0 Å². The lowest BCUT2D eigenvalue weighted by Gasteiger charge is -2.25. The summed E-state index contributed by atoms with van der Waals surface area (Å²) in [5, 5.41) is 3.60. The van der Waals surface area contributed by atoms with E-state index in [-0.39, 0.29) is 5.54 Å². The Bertz CT molecular complexity index is 513. The van der Waals surface area contributed by atoms with E-state index in [0.29, 0.717) is 0 Å². The first-order valence-electron chi connectivity index (χ1n) is 6.63. The van der Waals surface area contributed by atoms with Gasteiger partial charge in [0.25, 0.3) is 0 Å². The zero-order chi connectivity index (χ0) is 13.3. The van der Waals surface area contributed by atoms with E-state index >= 15 is 0 Å². The first-order chi connectivity index (χ1) is 8.38. The van der Waals surface area contributed by atoms with Crippen LogP contribution in [-0.4, -0.2) is 5.54 Å². The fraction of sp³-hybridized carbons (Fsp3) is 0.412. The lowest BCUT2D eigenvalue weighted by molar-refractivity contribution is 0.634. The molecule has 18 heavy (non-hydrogen) atoms. The van der Waals surface area contributed by atoms with Gasteiger partial charge in [0.1, 0.15) is 0 Å². The highest BCUT2D eigenvalue weighted by molar-refractivity contribution is 5.83. The molecule has 1 aromatic carbocycles. The highest BCUT2D eigenvalue weighted by Crippen LogP contribution is 2.37. The van der Waals surface area contributed by atoms with Crippen molar-refractivity contribution in [2.75, 3.05) is 5.32 Å². The van der Waals surface area contributed by atoms with Gasteiger partial charge in [-0.2, -0.15) is 0 Å². The van der Waals surface area contributed by atoms with Crippen LogP contribution in [0.5, 0.6) is 0 Å². The Kier molecular flexibility index (Phi) is 3.34. The molecule has 96 valence electrons. The molecular formula is C17H23N. The Hall–Kier alpha value is -1.50. The van der Waals surface area contributed by atoms with Crippen LogP contribution < -0.4 is 5.32 Å². The van der Waals surface area contributed by atoms with Crippen LogP contribution in [0.1, 0.15) is 46.6 Å². The van der Waals surface area contributed by atoms with E-state index in [1.807, 2.05) is 0 Å². The average molecular weight is 241 g/mol. The molecule has 0 aromatic heterocycles. The van der Waals surface area contributed by atoms with Crippen molar-refractivity contribution in [3.63, 3.8) is 0 Å². The maximum absolute atomic E-state index is 3.60. The summed E-state index contributed by atoms with van der Waals surface area (Å²) in [5.41, 5.74) is 6.97. The van der Waals surface area contributed by atoms with Crippen LogP contribution in [0.15, 0.2) is 41.5 Å². The van der Waals surface area contributed by atoms with Gasteiger partial charge in [0.2, 0.25) is 0 Å². The van der Waals surface area contributed by atoms with Gasteiger partial charge in [0.05, 0.1) is 0 Å².